The average Bonchev–Trinajstić information content (AvgIpc) is 2.83. The van der Waals surface area contributed by atoms with Gasteiger partial charge in [-0.1, -0.05) is 12.1 Å². The standard InChI is InChI=1S/C13H16N2O2S/c1-4-8-5-11(16-2)9(6-12(8)18-3)10-7-15-17-13(10)14/h5-7H,4,14H2,1-3H3. The van der Waals surface area contributed by atoms with Crippen LogP contribution in [0.5, 0.6) is 5.75 Å². The summed E-state index contributed by atoms with van der Waals surface area (Å²) in [5.74, 6) is 1.10. The third-order valence-electron chi connectivity index (χ3n) is 2.87. The van der Waals surface area contributed by atoms with Crippen LogP contribution in [-0.4, -0.2) is 18.5 Å². The topological polar surface area (TPSA) is 61.3 Å². The smallest absolute Gasteiger partial charge is 0.230 e. The van der Waals surface area contributed by atoms with Gasteiger partial charge in [0.1, 0.15) is 5.75 Å². The number of nitrogen functional groups attached to an aromatic ring is 1. The molecule has 0 aliphatic carbocycles. The number of rotatable bonds is 4. The number of methoxy groups -OCH3 is 1. The second kappa shape index (κ2) is 5.35. The monoisotopic (exact) mass is 264 g/mol. The molecule has 96 valence electrons. The van der Waals surface area contributed by atoms with Crippen LogP contribution >= 0.6 is 11.8 Å². The Morgan fingerprint density at radius 3 is 2.67 bits per heavy atom. The van der Waals surface area contributed by atoms with Gasteiger partial charge in [-0.25, -0.2) is 0 Å². The number of hydrogen-bond donors (Lipinski definition) is 1. The predicted molar refractivity (Wildman–Crippen MR) is 74.1 cm³/mol. The first-order valence-corrected chi connectivity index (χ1v) is 6.89. The Morgan fingerprint density at radius 2 is 2.17 bits per heavy atom. The van der Waals surface area contributed by atoms with Crippen molar-refractivity contribution >= 4 is 17.6 Å². The van der Waals surface area contributed by atoms with Crippen molar-refractivity contribution in [2.24, 2.45) is 0 Å². The Kier molecular flexibility index (Phi) is 3.81. The normalized spacial score (nSPS) is 10.6. The zero-order valence-electron chi connectivity index (χ0n) is 10.7. The van der Waals surface area contributed by atoms with Crippen molar-refractivity contribution in [2.75, 3.05) is 19.1 Å². The summed E-state index contributed by atoms with van der Waals surface area (Å²) in [5, 5.41) is 3.71. The van der Waals surface area contributed by atoms with Crippen molar-refractivity contribution in [3.63, 3.8) is 0 Å². The van der Waals surface area contributed by atoms with E-state index < -0.39 is 0 Å². The van der Waals surface area contributed by atoms with Gasteiger partial charge in [-0.15, -0.1) is 11.8 Å². The maximum atomic E-state index is 5.77. The summed E-state index contributed by atoms with van der Waals surface area (Å²) in [5.41, 5.74) is 8.71. The van der Waals surface area contributed by atoms with E-state index in [0.29, 0.717) is 5.88 Å². The van der Waals surface area contributed by atoms with E-state index in [1.807, 2.05) is 6.07 Å². The summed E-state index contributed by atoms with van der Waals surface area (Å²) in [6.07, 6.45) is 4.64. The predicted octanol–water partition coefficient (Wildman–Crippen LogP) is 3.22. The van der Waals surface area contributed by atoms with Crippen LogP contribution < -0.4 is 10.5 Å². The van der Waals surface area contributed by atoms with Gasteiger partial charge in [-0.05, 0) is 30.4 Å². The van der Waals surface area contributed by atoms with Crippen LogP contribution in [0, 0.1) is 0 Å². The Morgan fingerprint density at radius 1 is 1.39 bits per heavy atom. The zero-order chi connectivity index (χ0) is 13.1. The molecule has 0 bridgehead atoms. The largest absolute Gasteiger partial charge is 0.496 e. The molecule has 0 atom stereocenters. The van der Waals surface area contributed by atoms with Crippen molar-refractivity contribution in [3.05, 3.63) is 23.9 Å². The van der Waals surface area contributed by atoms with Gasteiger partial charge in [0.15, 0.2) is 0 Å². The number of aryl methyl sites for hydroxylation is 1. The van der Waals surface area contributed by atoms with E-state index in [-0.39, 0.29) is 0 Å². The lowest BCUT2D eigenvalue weighted by Crippen LogP contribution is -1.94. The third-order valence-corrected chi connectivity index (χ3v) is 3.69. The van der Waals surface area contributed by atoms with Gasteiger partial charge < -0.3 is 15.0 Å². The van der Waals surface area contributed by atoms with Crippen molar-refractivity contribution in [2.45, 2.75) is 18.2 Å². The van der Waals surface area contributed by atoms with Gasteiger partial charge in [0.25, 0.3) is 0 Å². The Balaban J connectivity index is 2.62. The summed E-state index contributed by atoms with van der Waals surface area (Å²) >= 11 is 1.71. The van der Waals surface area contributed by atoms with Crippen LogP contribution in [0.2, 0.25) is 0 Å². The number of anilines is 1. The Bertz CT molecular complexity index is 552. The third kappa shape index (κ3) is 2.18. The number of nitrogens with two attached hydrogens (primary N) is 1. The van der Waals surface area contributed by atoms with Gasteiger partial charge in [0.05, 0.1) is 18.9 Å². The molecule has 0 radical (unpaired) electrons. The fraction of sp³-hybridized carbons (Fsp3) is 0.308. The van der Waals surface area contributed by atoms with Gasteiger partial charge in [-0.3, -0.25) is 0 Å². The first-order chi connectivity index (χ1) is 8.71. The molecule has 2 rings (SSSR count). The highest BCUT2D eigenvalue weighted by atomic mass is 32.2. The molecule has 0 saturated carbocycles. The highest BCUT2D eigenvalue weighted by Gasteiger charge is 2.15. The van der Waals surface area contributed by atoms with Crippen LogP contribution in [-0.2, 0) is 6.42 Å². The van der Waals surface area contributed by atoms with E-state index >= 15 is 0 Å². The van der Waals surface area contributed by atoms with Gasteiger partial charge in [0.2, 0.25) is 5.88 Å². The van der Waals surface area contributed by atoms with Crippen LogP contribution in [0.25, 0.3) is 11.1 Å². The number of ether oxygens (including phenoxy) is 1. The fourth-order valence-electron chi connectivity index (χ4n) is 1.90. The van der Waals surface area contributed by atoms with Gasteiger partial charge >= 0.3 is 0 Å². The summed E-state index contributed by atoms with van der Waals surface area (Å²) in [6.45, 7) is 2.13. The fourth-order valence-corrected chi connectivity index (χ4v) is 2.60. The number of hydrogen-bond acceptors (Lipinski definition) is 5. The Hall–Kier alpha value is -1.62. The highest BCUT2D eigenvalue weighted by Crippen LogP contribution is 2.38. The molecule has 0 aliphatic heterocycles. The molecule has 1 heterocycles. The van der Waals surface area contributed by atoms with Crippen LogP contribution in [0.15, 0.2) is 27.7 Å². The minimum Gasteiger partial charge on any atom is -0.496 e. The van der Waals surface area contributed by atoms with E-state index in [9.17, 15) is 0 Å². The molecule has 1 aromatic carbocycles. The van der Waals surface area contributed by atoms with Crippen LogP contribution in [0.3, 0.4) is 0 Å². The second-order valence-corrected chi connectivity index (χ2v) is 4.67. The molecular weight excluding hydrogens is 248 g/mol. The molecule has 18 heavy (non-hydrogen) atoms. The minimum absolute atomic E-state index is 0.310. The molecule has 2 N–H and O–H groups in total. The first kappa shape index (κ1) is 12.8. The molecule has 0 spiro atoms. The molecule has 1 aromatic heterocycles. The lowest BCUT2D eigenvalue weighted by atomic mass is 10.0. The average molecular weight is 264 g/mol. The van der Waals surface area contributed by atoms with E-state index in [2.05, 4.69) is 24.4 Å². The molecule has 5 heteroatoms. The van der Waals surface area contributed by atoms with E-state index in [4.69, 9.17) is 15.0 Å². The minimum atomic E-state index is 0.310. The first-order valence-electron chi connectivity index (χ1n) is 5.66. The molecular formula is C13H16N2O2S. The molecule has 0 fully saturated rings. The van der Waals surface area contributed by atoms with Crippen LogP contribution in [0.1, 0.15) is 12.5 Å². The van der Waals surface area contributed by atoms with E-state index in [1.165, 1.54) is 10.5 Å². The zero-order valence-corrected chi connectivity index (χ0v) is 11.5. The van der Waals surface area contributed by atoms with Gasteiger partial charge in [-0.2, -0.15) is 0 Å². The highest BCUT2D eigenvalue weighted by molar-refractivity contribution is 7.98. The number of benzene rings is 1. The van der Waals surface area contributed by atoms with E-state index in [0.717, 1.165) is 23.3 Å². The summed E-state index contributed by atoms with van der Waals surface area (Å²) in [4.78, 5) is 1.22. The lowest BCUT2D eigenvalue weighted by molar-refractivity contribution is 0.415. The molecule has 2 aromatic rings. The van der Waals surface area contributed by atoms with Crippen molar-refractivity contribution < 1.29 is 9.26 Å². The summed E-state index contributed by atoms with van der Waals surface area (Å²) < 4.78 is 10.3. The van der Waals surface area contributed by atoms with Crippen molar-refractivity contribution in [1.82, 2.24) is 5.16 Å². The quantitative estimate of drug-likeness (QED) is 0.859. The van der Waals surface area contributed by atoms with Crippen molar-refractivity contribution in [1.29, 1.82) is 0 Å². The van der Waals surface area contributed by atoms with Crippen LogP contribution in [0.4, 0.5) is 5.88 Å². The summed E-state index contributed by atoms with van der Waals surface area (Å²) in [7, 11) is 1.65. The van der Waals surface area contributed by atoms with Gasteiger partial charge in [0, 0.05) is 10.5 Å². The SMILES string of the molecule is CCc1cc(OC)c(-c2cnoc2N)cc1SC. The maximum absolute atomic E-state index is 5.77. The molecule has 0 unspecified atom stereocenters. The number of nitrogens with zero attached hydrogens (tertiary/aromatic N) is 1. The number of aromatic nitrogens is 1. The second-order valence-electron chi connectivity index (χ2n) is 3.82. The molecule has 0 saturated heterocycles. The van der Waals surface area contributed by atoms with E-state index in [1.54, 1.807) is 25.1 Å². The maximum Gasteiger partial charge on any atom is 0.230 e. The summed E-state index contributed by atoms with van der Waals surface area (Å²) in [6, 6.07) is 4.12. The number of thioether (sulfide) groups is 1. The molecule has 0 aliphatic rings. The lowest BCUT2D eigenvalue weighted by Gasteiger charge is -2.12. The molecule has 0 amide bonds. The Labute approximate surface area is 110 Å². The van der Waals surface area contributed by atoms with Crippen molar-refractivity contribution in [3.8, 4) is 16.9 Å². The molecule has 4 nitrogen and oxygen atoms in total.